The van der Waals surface area contributed by atoms with Gasteiger partial charge in [0.2, 0.25) is 5.95 Å². The molecule has 25 heavy (non-hydrogen) atoms. The van der Waals surface area contributed by atoms with Crippen LogP contribution in [0, 0.1) is 6.92 Å². The topological polar surface area (TPSA) is 45.2 Å². The SMILES string of the molecule is Cc1cnc(C2(C)CCN(Cc3ccnc(N4CCCC4)n3)CC2)s1. The number of anilines is 1. The molecule has 0 N–H and O–H groups in total. The maximum Gasteiger partial charge on any atom is 0.225 e. The third-order valence-corrected chi connectivity index (χ3v) is 6.79. The summed E-state index contributed by atoms with van der Waals surface area (Å²) in [6.45, 7) is 9.86. The first-order chi connectivity index (χ1) is 12.1. The number of hydrogen-bond donors (Lipinski definition) is 0. The summed E-state index contributed by atoms with van der Waals surface area (Å²) < 4.78 is 0. The van der Waals surface area contributed by atoms with Crippen molar-refractivity contribution >= 4 is 17.3 Å². The molecule has 0 atom stereocenters. The van der Waals surface area contributed by atoms with Crippen LogP contribution in [0.25, 0.3) is 0 Å². The minimum absolute atomic E-state index is 0.238. The lowest BCUT2D eigenvalue weighted by atomic mass is 9.81. The number of thiazole rings is 1. The highest BCUT2D eigenvalue weighted by Gasteiger charge is 2.34. The third kappa shape index (κ3) is 3.70. The van der Waals surface area contributed by atoms with Crippen molar-refractivity contribution in [3.05, 3.63) is 34.0 Å². The summed E-state index contributed by atoms with van der Waals surface area (Å²) in [7, 11) is 0. The molecule has 4 rings (SSSR count). The van der Waals surface area contributed by atoms with Gasteiger partial charge in [-0.15, -0.1) is 11.3 Å². The van der Waals surface area contributed by atoms with Crippen molar-refractivity contribution in [1.29, 1.82) is 0 Å². The summed E-state index contributed by atoms with van der Waals surface area (Å²) in [5.41, 5.74) is 1.38. The van der Waals surface area contributed by atoms with Crippen molar-refractivity contribution in [3.63, 3.8) is 0 Å². The maximum atomic E-state index is 4.81. The largest absolute Gasteiger partial charge is 0.341 e. The fourth-order valence-electron chi connectivity index (χ4n) is 3.82. The molecule has 0 unspecified atom stereocenters. The average Bonchev–Trinajstić information content (AvgIpc) is 3.29. The molecule has 2 aromatic heterocycles. The van der Waals surface area contributed by atoms with E-state index in [1.807, 2.05) is 23.7 Å². The van der Waals surface area contributed by atoms with E-state index in [9.17, 15) is 0 Å². The van der Waals surface area contributed by atoms with Gasteiger partial charge in [-0.05, 0) is 51.8 Å². The molecule has 2 aliphatic rings. The molecule has 0 aliphatic carbocycles. The highest BCUT2D eigenvalue weighted by molar-refractivity contribution is 7.11. The quantitative estimate of drug-likeness (QED) is 0.839. The Bertz CT molecular complexity index is 714. The van der Waals surface area contributed by atoms with Gasteiger partial charge in [-0.25, -0.2) is 15.0 Å². The van der Waals surface area contributed by atoms with Gasteiger partial charge in [0.1, 0.15) is 0 Å². The summed E-state index contributed by atoms with van der Waals surface area (Å²) >= 11 is 1.86. The van der Waals surface area contributed by atoms with E-state index in [2.05, 4.69) is 39.7 Å². The van der Waals surface area contributed by atoms with Crippen molar-refractivity contribution in [2.24, 2.45) is 0 Å². The lowest BCUT2D eigenvalue weighted by molar-refractivity contribution is 0.160. The molecule has 0 amide bonds. The monoisotopic (exact) mass is 357 g/mol. The number of rotatable bonds is 4. The van der Waals surface area contributed by atoms with Crippen LogP contribution in [0.3, 0.4) is 0 Å². The third-order valence-electron chi connectivity index (χ3n) is 5.57. The van der Waals surface area contributed by atoms with E-state index in [0.29, 0.717) is 0 Å². The van der Waals surface area contributed by atoms with E-state index in [1.165, 1.54) is 35.6 Å². The van der Waals surface area contributed by atoms with Crippen molar-refractivity contribution in [2.45, 2.75) is 51.5 Å². The summed E-state index contributed by atoms with van der Waals surface area (Å²) in [6, 6.07) is 2.07. The Kier molecular flexibility index (Phi) is 4.73. The van der Waals surface area contributed by atoms with Crippen LogP contribution in [0.5, 0.6) is 0 Å². The van der Waals surface area contributed by atoms with Gasteiger partial charge in [0, 0.05) is 42.3 Å². The maximum absolute atomic E-state index is 4.81. The Labute approximate surface area is 154 Å². The van der Waals surface area contributed by atoms with Crippen LogP contribution in [0.2, 0.25) is 0 Å². The zero-order chi connectivity index (χ0) is 17.3. The smallest absolute Gasteiger partial charge is 0.225 e. The van der Waals surface area contributed by atoms with E-state index < -0.39 is 0 Å². The van der Waals surface area contributed by atoms with Crippen LogP contribution in [-0.4, -0.2) is 46.0 Å². The second kappa shape index (κ2) is 7.00. The van der Waals surface area contributed by atoms with Crippen LogP contribution in [0.1, 0.15) is 48.2 Å². The van der Waals surface area contributed by atoms with Gasteiger partial charge in [-0.3, -0.25) is 4.90 Å². The minimum Gasteiger partial charge on any atom is -0.341 e. The zero-order valence-corrected chi connectivity index (χ0v) is 16.1. The van der Waals surface area contributed by atoms with E-state index >= 15 is 0 Å². The van der Waals surface area contributed by atoms with Crippen molar-refractivity contribution in [2.75, 3.05) is 31.1 Å². The molecule has 0 bridgehead atoms. The van der Waals surface area contributed by atoms with Crippen molar-refractivity contribution in [1.82, 2.24) is 19.9 Å². The minimum atomic E-state index is 0.238. The molecule has 2 aliphatic heterocycles. The molecular formula is C19H27N5S. The van der Waals surface area contributed by atoms with Crippen LogP contribution < -0.4 is 4.90 Å². The Hall–Kier alpha value is -1.53. The van der Waals surface area contributed by atoms with Gasteiger partial charge in [0.15, 0.2) is 0 Å². The second-order valence-corrected chi connectivity index (χ2v) is 8.89. The zero-order valence-electron chi connectivity index (χ0n) is 15.2. The van der Waals surface area contributed by atoms with Gasteiger partial charge in [0.25, 0.3) is 0 Å². The lowest BCUT2D eigenvalue weighted by Gasteiger charge is -2.38. The van der Waals surface area contributed by atoms with Crippen molar-refractivity contribution < 1.29 is 0 Å². The number of aryl methyl sites for hydroxylation is 1. The number of aromatic nitrogens is 3. The normalized spacial score (nSPS) is 21.0. The first-order valence-electron chi connectivity index (χ1n) is 9.35. The predicted molar refractivity (Wildman–Crippen MR) is 102 cm³/mol. The summed E-state index contributed by atoms with van der Waals surface area (Å²) in [5.74, 6) is 0.912. The summed E-state index contributed by atoms with van der Waals surface area (Å²) in [6.07, 6.45) is 8.79. The molecular weight excluding hydrogens is 330 g/mol. The Morgan fingerprint density at radius 1 is 1.12 bits per heavy atom. The highest BCUT2D eigenvalue weighted by atomic mass is 32.1. The molecule has 2 aromatic rings. The van der Waals surface area contributed by atoms with Crippen LogP contribution >= 0.6 is 11.3 Å². The molecule has 5 nitrogen and oxygen atoms in total. The van der Waals surface area contributed by atoms with Crippen LogP contribution in [-0.2, 0) is 12.0 Å². The first-order valence-corrected chi connectivity index (χ1v) is 10.2. The van der Waals surface area contributed by atoms with Crippen molar-refractivity contribution in [3.8, 4) is 0 Å². The molecule has 0 spiro atoms. The fraction of sp³-hybridized carbons (Fsp3) is 0.632. The highest BCUT2D eigenvalue weighted by Crippen LogP contribution is 2.37. The lowest BCUT2D eigenvalue weighted by Crippen LogP contribution is -2.40. The predicted octanol–water partition coefficient (Wildman–Crippen LogP) is 3.40. The van der Waals surface area contributed by atoms with Gasteiger partial charge in [0.05, 0.1) is 10.7 Å². The van der Waals surface area contributed by atoms with Crippen LogP contribution in [0.4, 0.5) is 5.95 Å². The van der Waals surface area contributed by atoms with E-state index in [4.69, 9.17) is 4.98 Å². The number of likely N-dealkylation sites (tertiary alicyclic amines) is 1. The standard InChI is InChI=1S/C19H27N5S/c1-15-13-21-17(25-15)19(2)6-11-23(12-7-19)14-16-5-8-20-18(22-16)24-9-3-4-10-24/h5,8,13H,3-4,6-7,9-12,14H2,1-2H3. The molecule has 134 valence electrons. The number of piperidine rings is 1. The summed E-state index contributed by atoms with van der Waals surface area (Å²) in [4.78, 5) is 20.1. The molecule has 0 radical (unpaired) electrons. The van der Waals surface area contributed by atoms with Gasteiger partial charge in [-0.1, -0.05) is 6.92 Å². The van der Waals surface area contributed by atoms with Gasteiger partial charge >= 0.3 is 0 Å². The first kappa shape index (κ1) is 16.9. The van der Waals surface area contributed by atoms with Gasteiger partial charge < -0.3 is 4.90 Å². The Morgan fingerprint density at radius 3 is 2.56 bits per heavy atom. The number of hydrogen-bond acceptors (Lipinski definition) is 6. The van der Waals surface area contributed by atoms with Gasteiger partial charge in [-0.2, -0.15) is 0 Å². The summed E-state index contributed by atoms with van der Waals surface area (Å²) in [5, 5.41) is 1.31. The van der Waals surface area contributed by atoms with E-state index in [1.54, 1.807) is 0 Å². The molecule has 6 heteroatoms. The molecule has 4 heterocycles. The Morgan fingerprint density at radius 2 is 1.88 bits per heavy atom. The second-order valence-electron chi connectivity index (χ2n) is 7.66. The molecule has 0 aromatic carbocycles. The molecule has 0 saturated carbocycles. The number of nitrogens with zero attached hydrogens (tertiary/aromatic N) is 5. The average molecular weight is 358 g/mol. The van der Waals surface area contributed by atoms with E-state index in [0.717, 1.165) is 44.4 Å². The Balaban J connectivity index is 1.38. The molecule has 2 fully saturated rings. The van der Waals surface area contributed by atoms with E-state index in [-0.39, 0.29) is 5.41 Å². The molecule has 2 saturated heterocycles. The van der Waals surface area contributed by atoms with Crippen LogP contribution in [0.15, 0.2) is 18.5 Å². The fourth-order valence-corrected chi connectivity index (χ4v) is 4.79.